The van der Waals surface area contributed by atoms with Crippen LogP contribution in [0.2, 0.25) is 0 Å². The number of carbonyl (C=O) groups excluding carboxylic acids is 3. The summed E-state index contributed by atoms with van der Waals surface area (Å²) in [5.41, 5.74) is 3.34. The van der Waals surface area contributed by atoms with Crippen molar-refractivity contribution in [3.8, 4) is 16.9 Å². The number of nitrogens with zero attached hydrogens (tertiary/aromatic N) is 4. The fourth-order valence-electron chi connectivity index (χ4n) is 5.52. The molecule has 2 aliphatic carbocycles. The van der Waals surface area contributed by atoms with E-state index in [0.29, 0.717) is 0 Å². The van der Waals surface area contributed by atoms with Crippen molar-refractivity contribution in [2.45, 2.75) is 13.0 Å². The molecule has 3 aliphatic rings. The van der Waals surface area contributed by atoms with E-state index in [0.717, 1.165) is 33.8 Å². The number of fused-ring (bicyclic) bond motifs is 5. The lowest BCUT2D eigenvalue weighted by Crippen LogP contribution is -2.41. The largest absolute Gasteiger partial charge is 0.350 e. The number of likely N-dealkylation sites (tertiary alicyclic amines) is 1. The van der Waals surface area contributed by atoms with Crippen LogP contribution >= 0.6 is 0 Å². The Morgan fingerprint density at radius 3 is 2.32 bits per heavy atom. The summed E-state index contributed by atoms with van der Waals surface area (Å²) in [4.78, 5) is 43.7. The normalized spacial score (nSPS) is 24.6. The van der Waals surface area contributed by atoms with Crippen molar-refractivity contribution in [2.24, 2.45) is 23.7 Å². The van der Waals surface area contributed by atoms with Crippen LogP contribution in [0.1, 0.15) is 12.0 Å². The molecule has 3 amide bonds. The summed E-state index contributed by atoms with van der Waals surface area (Å²) in [7, 11) is 0. The van der Waals surface area contributed by atoms with Crippen LogP contribution in [0.4, 0.5) is 0 Å². The molecule has 170 valence electrons. The maximum Gasteiger partial charge on any atom is 0.240 e. The van der Waals surface area contributed by atoms with E-state index in [1.807, 2.05) is 60.8 Å². The highest BCUT2D eigenvalue weighted by atomic mass is 16.2. The highest BCUT2D eigenvalue weighted by molar-refractivity contribution is 6.08. The molecule has 4 atom stereocenters. The second kappa shape index (κ2) is 8.06. The highest BCUT2D eigenvalue weighted by Crippen LogP contribution is 2.52. The SMILES string of the molecule is O=C(CN1C(=O)C2C3C=CC(C3)C2C1=O)NCc1cn(-c2ccccc2)nc1-c1ccncc1. The van der Waals surface area contributed by atoms with E-state index in [1.54, 1.807) is 17.1 Å². The number of aromatic nitrogens is 3. The summed E-state index contributed by atoms with van der Waals surface area (Å²) >= 11 is 0. The lowest BCUT2D eigenvalue weighted by atomic mass is 9.85. The topological polar surface area (TPSA) is 97.2 Å². The van der Waals surface area contributed by atoms with Crippen LogP contribution < -0.4 is 5.32 Å². The van der Waals surface area contributed by atoms with Gasteiger partial charge in [-0.25, -0.2) is 4.68 Å². The number of pyridine rings is 1. The molecule has 6 rings (SSSR count). The molecule has 8 nitrogen and oxygen atoms in total. The van der Waals surface area contributed by atoms with Gasteiger partial charge in [0.2, 0.25) is 17.7 Å². The van der Waals surface area contributed by atoms with Gasteiger partial charge < -0.3 is 5.32 Å². The fourth-order valence-corrected chi connectivity index (χ4v) is 5.52. The summed E-state index contributed by atoms with van der Waals surface area (Å²) in [6, 6.07) is 13.5. The van der Waals surface area contributed by atoms with Crippen molar-refractivity contribution < 1.29 is 14.4 Å². The molecule has 0 spiro atoms. The average Bonchev–Trinajstić information content (AvgIpc) is 3.64. The molecular formula is C26H23N5O3. The number of carbonyl (C=O) groups is 3. The molecule has 2 bridgehead atoms. The molecule has 2 fully saturated rings. The zero-order chi connectivity index (χ0) is 23.2. The Hall–Kier alpha value is -4.07. The third kappa shape index (κ3) is 3.34. The number of nitrogens with one attached hydrogen (secondary N) is 1. The predicted octanol–water partition coefficient (Wildman–Crippen LogP) is 2.36. The third-order valence-corrected chi connectivity index (χ3v) is 7.10. The standard InChI is InChI=1S/C26H23N5O3/c32-21(15-30-25(33)22-17-6-7-18(12-17)23(22)26(30)34)28-13-19-14-31(20-4-2-1-3-5-20)29-24(19)16-8-10-27-11-9-16/h1-11,14,17-18,22-23H,12-13,15H2,(H,28,32). The van der Waals surface area contributed by atoms with E-state index in [4.69, 9.17) is 5.10 Å². The van der Waals surface area contributed by atoms with Crippen molar-refractivity contribution >= 4 is 17.7 Å². The van der Waals surface area contributed by atoms with Crippen LogP contribution in [0.25, 0.3) is 16.9 Å². The first-order valence-electron chi connectivity index (χ1n) is 11.4. The van der Waals surface area contributed by atoms with Gasteiger partial charge in [0.1, 0.15) is 6.54 Å². The number of hydrogen-bond acceptors (Lipinski definition) is 5. The van der Waals surface area contributed by atoms with Gasteiger partial charge in [0.15, 0.2) is 0 Å². The first-order valence-corrected chi connectivity index (χ1v) is 11.4. The van der Waals surface area contributed by atoms with Gasteiger partial charge in [-0.1, -0.05) is 30.4 Å². The number of allylic oxidation sites excluding steroid dienone is 2. The van der Waals surface area contributed by atoms with Crippen LogP contribution in [0.5, 0.6) is 0 Å². The number of para-hydroxylation sites is 1. The summed E-state index contributed by atoms with van der Waals surface area (Å²) in [6.45, 7) is -0.0271. The number of hydrogen-bond donors (Lipinski definition) is 1. The van der Waals surface area contributed by atoms with Gasteiger partial charge in [-0.15, -0.1) is 0 Å². The molecule has 1 aliphatic heterocycles. The number of imide groups is 1. The van der Waals surface area contributed by atoms with E-state index >= 15 is 0 Å². The monoisotopic (exact) mass is 453 g/mol. The smallest absolute Gasteiger partial charge is 0.240 e. The molecule has 2 aromatic heterocycles. The maximum absolute atomic E-state index is 12.9. The molecule has 3 heterocycles. The molecule has 1 N–H and O–H groups in total. The second-order valence-electron chi connectivity index (χ2n) is 9.06. The Balaban J connectivity index is 1.18. The van der Waals surface area contributed by atoms with Gasteiger partial charge in [-0.3, -0.25) is 24.3 Å². The summed E-state index contributed by atoms with van der Waals surface area (Å²) in [5, 5.41) is 7.61. The first kappa shape index (κ1) is 20.5. The molecule has 1 saturated carbocycles. The van der Waals surface area contributed by atoms with E-state index in [9.17, 15) is 14.4 Å². The van der Waals surface area contributed by atoms with Crippen molar-refractivity contribution in [3.05, 3.63) is 78.8 Å². The predicted molar refractivity (Wildman–Crippen MR) is 123 cm³/mol. The Bertz CT molecular complexity index is 1270. The number of rotatable bonds is 6. The molecular weight excluding hydrogens is 430 g/mol. The van der Waals surface area contributed by atoms with Crippen molar-refractivity contribution in [1.82, 2.24) is 25.0 Å². The van der Waals surface area contributed by atoms with Gasteiger partial charge in [-0.2, -0.15) is 5.10 Å². The van der Waals surface area contributed by atoms with Crippen LogP contribution in [0, 0.1) is 23.7 Å². The molecule has 8 heteroatoms. The average molecular weight is 454 g/mol. The van der Waals surface area contributed by atoms with E-state index < -0.39 is 0 Å². The lowest BCUT2D eigenvalue weighted by Gasteiger charge is -2.16. The molecule has 3 aromatic rings. The molecule has 34 heavy (non-hydrogen) atoms. The third-order valence-electron chi connectivity index (χ3n) is 7.10. The number of amides is 3. The quantitative estimate of drug-likeness (QED) is 0.457. The van der Waals surface area contributed by atoms with E-state index in [1.165, 1.54) is 0 Å². The summed E-state index contributed by atoms with van der Waals surface area (Å²) in [6.07, 6.45) is 10.2. The van der Waals surface area contributed by atoms with Gasteiger partial charge in [0, 0.05) is 36.3 Å². The number of benzene rings is 1. The van der Waals surface area contributed by atoms with Crippen molar-refractivity contribution in [3.63, 3.8) is 0 Å². The maximum atomic E-state index is 12.9. The highest BCUT2D eigenvalue weighted by Gasteiger charge is 2.59. The minimum atomic E-state index is -0.366. The van der Waals surface area contributed by atoms with Crippen LogP contribution in [0.3, 0.4) is 0 Å². The Morgan fingerprint density at radius 2 is 1.65 bits per heavy atom. The summed E-state index contributed by atoms with van der Waals surface area (Å²) in [5.74, 6) is -1.12. The van der Waals surface area contributed by atoms with Crippen molar-refractivity contribution in [2.75, 3.05) is 6.54 Å². The molecule has 0 radical (unpaired) electrons. The van der Waals surface area contributed by atoms with Crippen LogP contribution in [0.15, 0.2) is 73.2 Å². The Morgan fingerprint density at radius 1 is 0.971 bits per heavy atom. The van der Waals surface area contributed by atoms with Crippen LogP contribution in [-0.4, -0.2) is 43.9 Å². The first-order chi connectivity index (χ1) is 16.6. The minimum absolute atomic E-state index is 0.131. The summed E-state index contributed by atoms with van der Waals surface area (Å²) < 4.78 is 1.77. The van der Waals surface area contributed by atoms with Gasteiger partial charge in [0.25, 0.3) is 0 Å². The van der Waals surface area contributed by atoms with Gasteiger partial charge in [0.05, 0.1) is 23.2 Å². The van der Waals surface area contributed by atoms with Gasteiger partial charge >= 0.3 is 0 Å². The minimum Gasteiger partial charge on any atom is -0.350 e. The molecule has 4 unspecified atom stereocenters. The molecule has 1 aromatic carbocycles. The zero-order valence-electron chi connectivity index (χ0n) is 18.4. The van der Waals surface area contributed by atoms with Gasteiger partial charge in [-0.05, 0) is 42.5 Å². The van der Waals surface area contributed by atoms with Crippen LogP contribution in [-0.2, 0) is 20.9 Å². The van der Waals surface area contributed by atoms with Crippen molar-refractivity contribution in [1.29, 1.82) is 0 Å². The second-order valence-corrected chi connectivity index (χ2v) is 9.06. The fraction of sp³-hybridized carbons (Fsp3) is 0.269. The van der Waals surface area contributed by atoms with E-state index in [-0.39, 0.29) is 54.5 Å². The molecule has 1 saturated heterocycles. The Kier molecular flexibility index (Phi) is 4.86. The lowest BCUT2D eigenvalue weighted by molar-refractivity contribution is -0.144. The zero-order valence-corrected chi connectivity index (χ0v) is 18.4. The van der Waals surface area contributed by atoms with E-state index in [2.05, 4.69) is 10.3 Å². The Labute approximate surface area is 196 Å².